The second-order valence-corrected chi connectivity index (χ2v) is 1.70. The Labute approximate surface area is 62.9 Å². The number of nitrogens with two attached hydrogens (primary N) is 1. The van der Waals surface area contributed by atoms with E-state index >= 15 is 0 Å². The van der Waals surface area contributed by atoms with Crippen molar-refractivity contribution in [2.24, 2.45) is 15.7 Å². The third-order valence-electron chi connectivity index (χ3n) is 1.03. The van der Waals surface area contributed by atoms with E-state index in [0.29, 0.717) is 18.1 Å². The van der Waals surface area contributed by atoms with Gasteiger partial charge in [0.25, 0.3) is 0 Å². The number of allylic oxidation sites excluding steroid dienone is 1. The van der Waals surface area contributed by atoms with Crippen molar-refractivity contribution in [3.8, 4) is 0 Å². The summed E-state index contributed by atoms with van der Waals surface area (Å²) in [6.07, 6.45) is 1.75. The Kier molecular flexibility index (Phi) is 4.20. The molecule has 0 radical (unpaired) electrons. The predicted molar refractivity (Wildman–Crippen MR) is 47.6 cm³/mol. The molecule has 0 aromatic rings. The van der Waals surface area contributed by atoms with Gasteiger partial charge in [0.2, 0.25) is 0 Å². The van der Waals surface area contributed by atoms with Gasteiger partial charge in [-0.2, -0.15) is 0 Å². The molecule has 0 aromatic heterocycles. The van der Waals surface area contributed by atoms with Crippen LogP contribution in [0.4, 0.5) is 0 Å². The molecule has 0 saturated heterocycles. The largest absolute Gasteiger partial charge is 0.396 e. The number of hydrogen-bond acceptors (Lipinski definition) is 2. The Morgan fingerprint density at radius 3 is 2.70 bits per heavy atom. The first-order valence-electron chi connectivity index (χ1n) is 3.19. The highest BCUT2D eigenvalue weighted by Crippen LogP contribution is 1.90. The van der Waals surface area contributed by atoms with Crippen molar-refractivity contribution in [2.45, 2.75) is 13.8 Å². The molecule has 2 N–H and O–H groups in total. The summed E-state index contributed by atoms with van der Waals surface area (Å²) in [6, 6.07) is 0. The van der Waals surface area contributed by atoms with Crippen molar-refractivity contribution in [1.29, 1.82) is 0 Å². The Morgan fingerprint density at radius 2 is 2.40 bits per heavy atom. The summed E-state index contributed by atoms with van der Waals surface area (Å²) in [7, 11) is 0. The highest BCUT2D eigenvalue weighted by Gasteiger charge is 1.94. The fraction of sp³-hybridized carbons (Fsp3) is 0.429. The minimum Gasteiger partial charge on any atom is -0.396 e. The fourth-order valence-corrected chi connectivity index (χ4v) is 0.511. The lowest BCUT2D eigenvalue weighted by atomic mass is 10.4. The number of nitrogens with zero attached hydrogens (tertiary/aromatic N) is 2. The molecular formula is C7H15N3. The normalized spacial score (nSPS) is 13.4. The van der Waals surface area contributed by atoms with Crippen LogP contribution < -0.4 is 5.73 Å². The van der Waals surface area contributed by atoms with Gasteiger partial charge >= 0.3 is 0 Å². The van der Waals surface area contributed by atoms with E-state index in [9.17, 15) is 0 Å². The van der Waals surface area contributed by atoms with Crippen LogP contribution in [0.1, 0.15) is 15.3 Å². The van der Waals surface area contributed by atoms with Gasteiger partial charge in [-0.25, -0.2) is 4.99 Å². The topological polar surface area (TPSA) is 50.7 Å². The van der Waals surface area contributed by atoms with Crippen LogP contribution >= 0.6 is 0 Å². The number of rotatable bonds is 2. The summed E-state index contributed by atoms with van der Waals surface area (Å²) in [5, 5.41) is 0. The molecule has 3 nitrogen and oxygen atoms in total. The van der Waals surface area contributed by atoms with Crippen molar-refractivity contribution in [2.75, 3.05) is 6.54 Å². The van der Waals surface area contributed by atoms with Crippen molar-refractivity contribution < 1.29 is 1.43 Å². The van der Waals surface area contributed by atoms with Gasteiger partial charge in [0.1, 0.15) is 0 Å². The molecule has 58 valence electrons. The number of aliphatic imine (C=N–C) groups is 2. The lowest BCUT2D eigenvalue weighted by Gasteiger charge is -1.96. The maximum absolute atomic E-state index is 5.51. The molecule has 0 fully saturated rings. The van der Waals surface area contributed by atoms with Crippen molar-refractivity contribution in [1.82, 2.24) is 0 Å². The quantitative estimate of drug-likeness (QED) is 0.456. The van der Waals surface area contributed by atoms with Crippen LogP contribution in [0.2, 0.25) is 0 Å². The monoisotopic (exact) mass is 141 g/mol. The molecular weight excluding hydrogens is 126 g/mol. The summed E-state index contributed by atoms with van der Waals surface area (Å²) >= 11 is 0. The first-order valence-corrected chi connectivity index (χ1v) is 3.19. The SMILES string of the molecule is C=NC(=NCC)/C(N)=C\C.[HH]. The average molecular weight is 141 g/mol. The molecule has 0 bridgehead atoms. The first kappa shape index (κ1) is 8.88. The molecule has 0 aliphatic rings. The molecule has 3 heteroatoms. The lowest BCUT2D eigenvalue weighted by molar-refractivity contribution is 1.12. The van der Waals surface area contributed by atoms with Gasteiger partial charge in [-0.3, -0.25) is 4.99 Å². The molecule has 0 atom stereocenters. The molecule has 0 aliphatic heterocycles. The van der Waals surface area contributed by atoms with Gasteiger partial charge in [-0.05, 0) is 20.6 Å². The van der Waals surface area contributed by atoms with Crippen LogP contribution in [0.25, 0.3) is 0 Å². The Hall–Kier alpha value is -1.12. The maximum atomic E-state index is 5.51. The van der Waals surface area contributed by atoms with Crippen LogP contribution in [0.5, 0.6) is 0 Å². The van der Waals surface area contributed by atoms with E-state index in [0.717, 1.165) is 0 Å². The van der Waals surface area contributed by atoms with E-state index in [-0.39, 0.29) is 1.43 Å². The van der Waals surface area contributed by atoms with Crippen LogP contribution in [0.3, 0.4) is 0 Å². The fourth-order valence-electron chi connectivity index (χ4n) is 0.511. The summed E-state index contributed by atoms with van der Waals surface area (Å²) < 4.78 is 0. The van der Waals surface area contributed by atoms with Crippen LogP contribution in [-0.2, 0) is 0 Å². The molecule has 0 aromatic carbocycles. The van der Waals surface area contributed by atoms with Gasteiger partial charge in [0.15, 0.2) is 5.84 Å². The van der Waals surface area contributed by atoms with Crippen molar-refractivity contribution in [3.05, 3.63) is 11.8 Å². The highest BCUT2D eigenvalue weighted by molar-refractivity contribution is 6.00. The van der Waals surface area contributed by atoms with Crippen molar-refractivity contribution in [3.63, 3.8) is 0 Å². The van der Waals surface area contributed by atoms with E-state index < -0.39 is 0 Å². The van der Waals surface area contributed by atoms with Crippen LogP contribution in [-0.4, -0.2) is 19.1 Å². The van der Waals surface area contributed by atoms with E-state index in [4.69, 9.17) is 5.73 Å². The molecule has 0 heterocycles. The number of hydrogen-bond donors (Lipinski definition) is 1. The van der Waals surface area contributed by atoms with Crippen LogP contribution in [0.15, 0.2) is 21.8 Å². The smallest absolute Gasteiger partial charge is 0.169 e. The standard InChI is InChI=1S/C7H13N3.H2/c1-4-6(8)7(9-3)10-5-2;/h4H,3,5,8H2,1-2H3;1H/b6-4+,10-7?;. The van der Waals surface area contributed by atoms with Gasteiger partial charge in [-0.1, -0.05) is 6.08 Å². The Morgan fingerprint density at radius 1 is 1.80 bits per heavy atom. The summed E-state index contributed by atoms with van der Waals surface area (Å²) in [5.74, 6) is 0.532. The zero-order valence-electron chi connectivity index (χ0n) is 6.46. The van der Waals surface area contributed by atoms with E-state index in [2.05, 4.69) is 16.7 Å². The van der Waals surface area contributed by atoms with Gasteiger partial charge in [0, 0.05) is 7.97 Å². The molecule has 10 heavy (non-hydrogen) atoms. The van der Waals surface area contributed by atoms with E-state index in [1.165, 1.54) is 0 Å². The van der Waals surface area contributed by atoms with Gasteiger partial charge in [-0.15, -0.1) is 0 Å². The first-order chi connectivity index (χ1) is 4.76. The average Bonchev–Trinajstić information content (AvgIpc) is 1.99. The molecule has 0 unspecified atom stereocenters. The third-order valence-corrected chi connectivity index (χ3v) is 1.03. The Balaban J connectivity index is 0. The third kappa shape index (κ3) is 2.44. The minimum absolute atomic E-state index is 0. The summed E-state index contributed by atoms with van der Waals surface area (Å²) in [5.41, 5.74) is 6.09. The Bertz CT molecular complexity index is 173. The minimum atomic E-state index is 0. The highest BCUT2D eigenvalue weighted by atomic mass is 14.9. The van der Waals surface area contributed by atoms with Gasteiger partial charge < -0.3 is 5.73 Å². The zero-order chi connectivity index (χ0) is 7.98. The summed E-state index contributed by atoms with van der Waals surface area (Å²) in [6.45, 7) is 7.79. The molecule has 0 saturated carbocycles. The molecule has 0 amide bonds. The predicted octanol–water partition coefficient (Wildman–Crippen LogP) is 1.21. The second kappa shape index (κ2) is 4.73. The maximum Gasteiger partial charge on any atom is 0.169 e. The second-order valence-electron chi connectivity index (χ2n) is 1.70. The summed E-state index contributed by atoms with van der Waals surface area (Å²) in [4.78, 5) is 7.66. The van der Waals surface area contributed by atoms with Crippen LogP contribution in [0, 0.1) is 0 Å². The molecule has 0 rings (SSSR count). The van der Waals surface area contributed by atoms with E-state index in [1.54, 1.807) is 6.08 Å². The number of amidine groups is 1. The van der Waals surface area contributed by atoms with Crippen molar-refractivity contribution >= 4 is 12.6 Å². The lowest BCUT2D eigenvalue weighted by Crippen LogP contribution is -2.08. The zero-order valence-corrected chi connectivity index (χ0v) is 6.46. The van der Waals surface area contributed by atoms with Gasteiger partial charge in [0.05, 0.1) is 5.70 Å². The molecule has 0 aliphatic carbocycles. The van der Waals surface area contributed by atoms with E-state index in [1.807, 2.05) is 13.8 Å². The molecule has 0 spiro atoms.